The van der Waals surface area contributed by atoms with Crippen LogP contribution in [0.15, 0.2) is 30.3 Å². The Morgan fingerprint density at radius 3 is 2.32 bits per heavy atom. The van der Waals surface area contributed by atoms with Gasteiger partial charge in [0.1, 0.15) is 0 Å². The van der Waals surface area contributed by atoms with E-state index in [9.17, 15) is 13.2 Å². The average molecular weight is 365 g/mol. The number of nitrogens with one attached hydrogen (secondary N) is 1. The van der Waals surface area contributed by atoms with Crippen LogP contribution in [0.1, 0.15) is 44.1 Å². The van der Waals surface area contributed by atoms with Crippen LogP contribution in [0.3, 0.4) is 0 Å². The standard InChI is InChI=1S/C19H28N2O3S/c22-19(20-18-8-4-5-9-18)17-10-13-21(14-11-17)25(23,24)15-12-16-6-2-1-3-7-16/h1-3,6-7,17-18H,4-5,8-15H2,(H,20,22). The molecule has 1 saturated carbocycles. The van der Waals surface area contributed by atoms with Gasteiger partial charge < -0.3 is 5.32 Å². The zero-order valence-electron chi connectivity index (χ0n) is 14.7. The third-order valence-electron chi connectivity index (χ3n) is 5.41. The molecule has 1 heterocycles. The lowest BCUT2D eigenvalue weighted by Crippen LogP contribution is -2.45. The van der Waals surface area contributed by atoms with Crippen molar-refractivity contribution in [3.8, 4) is 0 Å². The van der Waals surface area contributed by atoms with Gasteiger partial charge in [0.25, 0.3) is 0 Å². The Morgan fingerprint density at radius 1 is 1.04 bits per heavy atom. The number of carbonyl (C=O) groups is 1. The van der Waals surface area contributed by atoms with Gasteiger partial charge in [0.2, 0.25) is 15.9 Å². The molecule has 1 aliphatic carbocycles. The van der Waals surface area contributed by atoms with E-state index in [1.54, 1.807) is 4.31 Å². The lowest BCUT2D eigenvalue weighted by Gasteiger charge is -2.31. The minimum atomic E-state index is -3.25. The Balaban J connectivity index is 1.46. The first-order valence-corrected chi connectivity index (χ1v) is 11.0. The van der Waals surface area contributed by atoms with Crippen LogP contribution >= 0.6 is 0 Å². The Labute approximate surface area is 150 Å². The van der Waals surface area contributed by atoms with Crippen LogP contribution < -0.4 is 5.32 Å². The van der Waals surface area contributed by atoms with Crippen molar-refractivity contribution in [2.75, 3.05) is 18.8 Å². The summed E-state index contributed by atoms with van der Waals surface area (Å²) in [5.41, 5.74) is 1.04. The zero-order valence-corrected chi connectivity index (χ0v) is 15.5. The van der Waals surface area contributed by atoms with E-state index in [1.165, 1.54) is 12.8 Å². The molecule has 0 unspecified atom stereocenters. The highest BCUT2D eigenvalue weighted by Crippen LogP contribution is 2.23. The maximum Gasteiger partial charge on any atom is 0.223 e. The quantitative estimate of drug-likeness (QED) is 0.842. The first kappa shape index (κ1) is 18.4. The van der Waals surface area contributed by atoms with Gasteiger partial charge in [-0.15, -0.1) is 0 Å². The molecule has 5 nitrogen and oxygen atoms in total. The van der Waals surface area contributed by atoms with Crippen molar-refractivity contribution in [3.05, 3.63) is 35.9 Å². The number of hydrogen-bond acceptors (Lipinski definition) is 3. The zero-order chi connectivity index (χ0) is 17.7. The summed E-state index contributed by atoms with van der Waals surface area (Å²) in [6, 6.07) is 10.0. The molecule has 0 bridgehead atoms. The number of carbonyl (C=O) groups excluding carboxylic acids is 1. The second-order valence-electron chi connectivity index (χ2n) is 7.21. The van der Waals surface area contributed by atoms with Gasteiger partial charge in [-0.25, -0.2) is 12.7 Å². The van der Waals surface area contributed by atoms with Crippen molar-refractivity contribution in [1.82, 2.24) is 9.62 Å². The molecule has 6 heteroatoms. The SMILES string of the molecule is O=C(NC1CCCC1)C1CCN(S(=O)(=O)CCc2ccccc2)CC1. The molecule has 1 aromatic carbocycles. The molecule has 25 heavy (non-hydrogen) atoms. The van der Waals surface area contributed by atoms with Gasteiger partial charge in [-0.2, -0.15) is 0 Å². The summed E-state index contributed by atoms with van der Waals surface area (Å²) >= 11 is 0. The van der Waals surface area contributed by atoms with E-state index in [4.69, 9.17) is 0 Å². The molecule has 0 atom stereocenters. The summed E-state index contributed by atoms with van der Waals surface area (Å²) in [5.74, 6) is 0.213. The topological polar surface area (TPSA) is 66.5 Å². The number of benzene rings is 1. The van der Waals surface area contributed by atoms with E-state index in [2.05, 4.69) is 5.32 Å². The normalized spacial score (nSPS) is 20.6. The number of sulfonamides is 1. The van der Waals surface area contributed by atoms with Crippen molar-refractivity contribution in [3.63, 3.8) is 0 Å². The molecule has 0 aromatic heterocycles. The van der Waals surface area contributed by atoms with Crippen molar-refractivity contribution in [2.24, 2.45) is 5.92 Å². The molecule has 1 amide bonds. The maximum absolute atomic E-state index is 12.5. The van der Waals surface area contributed by atoms with Gasteiger partial charge in [0, 0.05) is 25.0 Å². The smallest absolute Gasteiger partial charge is 0.223 e. The van der Waals surface area contributed by atoms with Crippen LogP contribution in [0.2, 0.25) is 0 Å². The molecular formula is C19H28N2O3S. The van der Waals surface area contributed by atoms with E-state index >= 15 is 0 Å². The van der Waals surface area contributed by atoms with Crippen molar-refractivity contribution in [2.45, 2.75) is 51.0 Å². The Morgan fingerprint density at radius 2 is 1.68 bits per heavy atom. The van der Waals surface area contributed by atoms with Crippen molar-refractivity contribution in [1.29, 1.82) is 0 Å². The van der Waals surface area contributed by atoms with Crippen molar-refractivity contribution < 1.29 is 13.2 Å². The fourth-order valence-corrected chi connectivity index (χ4v) is 5.32. The molecule has 1 aromatic rings. The summed E-state index contributed by atoms with van der Waals surface area (Å²) in [7, 11) is -3.25. The van der Waals surface area contributed by atoms with Gasteiger partial charge in [-0.3, -0.25) is 4.79 Å². The lowest BCUT2D eigenvalue weighted by molar-refractivity contribution is -0.126. The number of piperidine rings is 1. The van der Waals surface area contributed by atoms with Gasteiger partial charge in [-0.1, -0.05) is 43.2 Å². The Bertz CT molecular complexity index is 661. The predicted octanol–water partition coefficient (Wildman–Crippen LogP) is 2.33. The van der Waals surface area contributed by atoms with Crippen LogP contribution in [0, 0.1) is 5.92 Å². The van der Waals surface area contributed by atoms with Gasteiger partial charge in [0.05, 0.1) is 5.75 Å². The van der Waals surface area contributed by atoms with E-state index in [0.29, 0.717) is 38.4 Å². The molecule has 2 aliphatic rings. The summed E-state index contributed by atoms with van der Waals surface area (Å²) in [6.07, 6.45) is 6.35. The second kappa shape index (κ2) is 8.32. The molecule has 0 spiro atoms. The second-order valence-corrected chi connectivity index (χ2v) is 9.30. The average Bonchev–Trinajstić information content (AvgIpc) is 3.14. The molecule has 1 saturated heterocycles. The van der Waals surface area contributed by atoms with Gasteiger partial charge in [-0.05, 0) is 37.7 Å². The lowest BCUT2D eigenvalue weighted by atomic mass is 9.97. The molecule has 138 valence electrons. The van der Waals surface area contributed by atoms with Crippen molar-refractivity contribution >= 4 is 15.9 Å². The Hall–Kier alpha value is -1.40. The van der Waals surface area contributed by atoms with Gasteiger partial charge >= 0.3 is 0 Å². The van der Waals surface area contributed by atoms with E-state index < -0.39 is 10.0 Å². The molecule has 0 radical (unpaired) electrons. The third kappa shape index (κ3) is 5.05. The third-order valence-corrected chi connectivity index (χ3v) is 7.28. The number of hydrogen-bond donors (Lipinski definition) is 1. The molecule has 1 N–H and O–H groups in total. The molecule has 2 fully saturated rings. The first-order chi connectivity index (χ1) is 12.0. The first-order valence-electron chi connectivity index (χ1n) is 9.37. The highest BCUT2D eigenvalue weighted by molar-refractivity contribution is 7.89. The molecule has 3 rings (SSSR count). The highest BCUT2D eigenvalue weighted by atomic mass is 32.2. The van der Waals surface area contributed by atoms with Crippen LogP contribution in [0.4, 0.5) is 0 Å². The fourth-order valence-electron chi connectivity index (χ4n) is 3.81. The Kier molecular flexibility index (Phi) is 6.12. The van der Waals surface area contributed by atoms with E-state index in [-0.39, 0.29) is 17.6 Å². The van der Waals surface area contributed by atoms with Crippen LogP contribution in [-0.4, -0.2) is 43.5 Å². The number of amides is 1. The van der Waals surface area contributed by atoms with Crippen LogP contribution in [0.25, 0.3) is 0 Å². The highest BCUT2D eigenvalue weighted by Gasteiger charge is 2.31. The summed E-state index contributed by atoms with van der Waals surface area (Å²) in [4.78, 5) is 12.3. The van der Waals surface area contributed by atoms with Gasteiger partial charge in [0.15, 0.2) is 0 Å². The predicted molar refractivity (Wildman–Crippen MR) is 98.6 cm³/mol. The number of nitrogens with zero attached hydrogens (tertiary/aromatic N) is 1. The van der Waals surface area contributed by atoms with E-state index in [0.717, 1.165) is 18.4 Å². The van der Waals surface area contributed by atoms with E-state index in [1.807, 2.05) is 30.3 Å². The number of aryl methyl sites for hydroxylation is 1. The summed E-state index contributed by atoms with van der Waals surface area (Å²) < 4.78 is 26.6. The largest absolute Gasteiger partial charge is 0.353 e. The summed E-state index contributed by atoms with van der Waals surface area (Å²) in [5, 5.41) is 3.14. The monoisotopic (exact) mass is 364 g/mol. The minimum Gasteiger partial charge on any atom is -0.353 e. The summed E-state index contributed by atoms with van der Waals surface area (Å²) in [6.45, 7) is 0.916. The van der Waals surface area contributed by atoms with Crippen LogP contribution in [-0.2, 0) is 21.2 Å². The molecule has 1 aliphatic heterocycles. The maximum atomic E-state index is 12.5. The minimum absolute atomic E-state index is 0.0406. The van der Waals surface area contributed by atoms with Crippen LogP contribution in [0.5, 0.6) is 0 Å². The fraction of sp³-hybridized carbons (Fsp3) is 0.632. The molecular weight excluding hydrogens is 336 g/mol. The number of rotatable bonds is 6.